The van der Waals surface area contributed by atoms with Gasteiger partial charge in [-0.1, -0.05) is 79.9 Å². The van der Waals surface area contributed by atoms with Crippen molar-refractivity contribution in [2.75, 3.05) is 0 Å². The van der Waals surface area contributed by atoms with E-state index in [-0.39, 0.29) is 0 Å². The van der Waals surface area contributed by atoms with Crippen LogP contribution in [0.1, 0.15) is 43.2 Å². The zero-order valence-corrected chi connectivity index (χ0v) is 15.0. The highest BCUT2D eigenvalue weighted by molar-refractivity contribution is 7.80. The minimum Gasteiger partial charge on any atom is -0.360 e. The second kappa shape index (κ2) is 8.84. The Hall–Kier alpha value is -1.87. The summed E-state index contributed by atoms with van der Waals surface area (Å²) in [6.45, 7) is 1.68. The van der Waals surface area contributed by atoms with E-state index in [9.17, 15) is 0 Å². The number of benzene rings is 2. The van der Waals surface area contributed by atoms with Crippen molar-refractivity contribution in [3.05, 3.63) is 71.8 Å². The summed E-state index contributed by atoms with van der Waals surface area (Å²) in [5, 5.41) is 4.50. The normalized spacial score (nSPS) is 15.0. The summed E-state index contributed by atoms with van der Waals surface area (Å²) in [6, 6.07) is 21.7. The number of thiocarbonyl (C=S) groups is 1. The van der Waals surface area contributed by atoms with Crippen molar-refractivity contribution in [1.29, 1.82) is 0 Å². The Bertz CT molecular complexity index is 579. The maximum atomic E-state index is 5.77. The van der Waals surface area contributed by atoms with Crippen molar-refractivity contribution in [3.8, 4) is 0 Å². The van der Waals surface area contributed by atoms with Crippen LogP contribution in [0.4, 0.5) is 0 Å². The molecule has 0 aliphatic heterocycles. The standard InChI is InChI=1S/C21H26N2S/c24-21(22-20-14-8-3-9-15-20)23(16-18-10-4-1-5-11-18)17-19-12-6-2-7-13-19/h1-2,4-7,10-13,20H,3,8-9,14-17H2,(H,22,24). The van der Waals surface area contributed by atoms with Crippen molar-refractivity contribution in [1.82, 2.24) is 10.2 Å². The fourth-order valence-corrected chi connectivity index (χ4v) is 3.62. The van der Waals surface area contributed by atoms with Crippen molar-refractivity contribution in [2.45, 2.75) is 51.2 Å². The Morgan fingerprint density at radius 3 is 1.83 bits per heavy atom. The minimum absolute atomic E-state index is 0.542. The molecule has 0 radical (unpaired) electrons. The van der Waals surface area contributed by atoms with Crippen LogP contribution < -0.4 is 5.32 Å². The topological polar surface area (TPSA) is 15.3 Å². The first kappa shape index (κ1) is 17.0. The van der Waals surface area contributed by atoms with E-state index in [1.807, 2.05) is 0 Å². The van der Waals surface area contributed by atoms with E-state index < -0.39 is 0 Å². The number of hydrogen-bond donors (Lipinski definition) is 1. The number of nitrogens with one attached hydrogen (secondary N) is 1. The van der Waals surface area contributed by atoms with Gasteiger partial charge in [0.1, 0.15) is 0 Å². The molecule has 1 saturated carbocycles. The van der Waals surface area contributed by atoms with Gasteiger partial charge in [0, 0.05) is 19.1 Å². The van der Waals surface area contributed by atoms with E-state index in [2.05, 4.69) is 70.9 Å². The summed E-state index contributed by atoms with van der Waals surface area (Å²) in [4.78, 5) is 2.29. The van der Waals surface area contributed by atoms with Crippen molar-refractivity contribution >= 4 is 17.3 Å². The predicted octanol–water partition coefficient (Wildman–Crippen LogP) is 4.90. The zero-order chi connectivity index (χ0) is 16.6. The largest absolute Gasteiger partial charge is 0.360 e. The highest BCUT2D eigenvalue weighted by Crippen LogP contribution is 2.18. The Balaban J connectivity index is 1.69. The summed E-state index contributed by atoms with van der Waals surface area (Å²) in [5.41, 5.74) is 2.59. The van der Waals surface area contributed by atoms with Gasteiger partial charge in [-0.05, 0) is 36.2 Å². The molecule has 2 aromatic carbocycles. The van der Waals surface area contributed by atoms with Crippen LogP contribution >= 0.6 is 12.2 Å². The van der Waals surface area contributed by atoms with E-state index >= 15 is 0 Å². The SMILES string of the molecule is S=C(NC1CCCCC1)N(Cc1ccccc1)Cc1ccccc1. The number of nitrogens with zero attached hydrogens (tertiary/aromatic N) is 1. The Kier molecular flexibility index (Phi) is 6.25. The zero-order valence-electron chi connectivity index (χ0n) is 14.2. The second-order valence-electron chi connectivity index (χ2n) is 6.61. The third kappa shape index (κ3) is 5.07. The summed E-state index contributed by atoms with van der Waals surface area (Å²) in [7, 11) is 0. The predicted molar refractivity (Wildman–Crippen MR) is 105 cm³/mol. The molecule has 2 aromatic rings. The molecular formula is C21H26N2S. The van der Waals surface area contributed by atoms with Gasteiger partial charge in [0.15, 0.2) is 5.11 Å². The molecule has 3 rings (SSSR count). The van der Waals surface area contributed by atoms with Crippen molar-refractivity contribution < 1.29 is 0 Å². The van der Waals surface area contributed by atoms with Crippen LogP contribution in [0.25, 0.3) is 0 Å². The molecule has 2 nitrogen and oxygen atoms in total. The van der Waals surface area contributed by atoms with Crippen LogP contribution in [0.5, 0.6) is 0 Å². The van der Waals surface area contributed by atoms with Crippen molar-refractivity contribution in [2.24, 2.45) is 0 Å². The van der Waals surface area contributed by atoms with Gasteiger partial charge in [0.25, 0.3) is 0 Å². The van der Waals surface area contributed by atoms with Gasteiger partial charge in [-0.2, -0.15) is 0 Å². The van der Waals surface area contributed by atoms with E-state index in [0.717, 1.165) is 18.2 Å². The molecule has 0 saturated heterocycles. The first-order valence-corrected chi connectivity index (χ1v) is 9.35. The molecule has 1 aliphatic carbocycles. The quantitative estimate of drug-likeness (QED) is 0.781. The van der Waals surface area contributed by atoms with Gasteiger partial charge in [-0.15, -0.1) is 0 Å². The lowest BCUT2D eigenvalue weighted by atomic mass is 9.96. The summed E-state index contributed by atoms with van der Waals surface area (Å²) >= 11 is 5.77. The molecule has 1 fully saturated rings. The van der Waals surface area contributed by atoms with Crippen LogP contribution in [-0.2, 0) is 13.1 Å². The summed E-state index contributed by atoms with van der Waals surface area (Å²) < 4.78 is 0. The Morgan fingerprint density at radius 1 is 0.833 bits per heavy atom. The molecular weight excluding hydrogens is 312 g/mol. The Labute approximate surface area is 150 Å². The average molecular weight is 339 g/mol. The number of hydrogen-bond acceptors (Lipinski definition) is 1. The fourth-order valence-electron chi connectivity index (χ4n) is 3.32. The van der Waals surface area contributed by atoms with E-state index in [4.69, 9.17) is 12.2 Å². The average Bonchev–Trinajstić information content (AvgIpc) is 2.64. The monoisotopic (exact) mass is 338 g/mol. The number of rotatable bonds is 5. The maximum absolute atomic E-state index is 5.77. The van der Waals surface area contributed by atoms with Crippen LogP contribution in [-0.4, -0.2) is 16.1 Å². The Morgan fingerprint density at radius 2 is 1.33 bits per heavy atom. The second-order valence-corrected chi connectivity index (χ2v) is 7.00. The highest BCUT2D eigenvalue weighted by atomic mass is 32.1. The highest BCUT2D eigenvalue weighted by Gasteiger charge is 2.17. The molecule has 24 heavy (non-hydrogen) atoms. The van der Waals surface area contributed by atoms with Gasteiger partial charge in [-0.25, -0.2) is 0 Å². The molecule has 3 heteroatoms. The van der Waals surface area contributed by atoms with E-state index in [0.29, 0.717) is 6.04 Å². The first-order valence-electron chi connectivity index (χ1n) is 8.94. The molecule has 0 amide bonds. The summed E-state index contributed by atoms with van der Waals surface area (Å²) in [5.74, 6) is 0. The smallest absolute Gasteiger partial charge is 0.169 e. The molecule has 0 bridgehead atoms. The molecule has 126 valence electrons. The summed E-state index contributed by atoms with van der Waals surface area (Å²) in [6.07, 6.45) is 6.48. The van der Waals surface area contributed by atoms with Crippen LogP contribution in [0.3, 0.4) is 0 Å². The van der Waals surface area contributed by atoms with Gasteiger partial charge in [0.2, 0.25) is 0 Å². The lowest BCUT2D eigenvalue weighted by molar-refractivity contribution is 0.363. The minimum atomic E-state index is 0.542. The van der Waals surface area contributed by atoms with Gasteiger partial charge in [-0.3, -0.25) is 0 Å². The first-order chi connectivity index (χ1) is 11.8. The van der Waals surface area contributed by atoms with E-state index in [1.54, 1.807) is 0 Å². The van der Waals surface area contributed by atoms with Crippen molar-refractivity contribution in [3.63, 3.8) is 0 Å². The molecule has 0 heterocycles. The molecule has 0 atom stereocenters. The lowest BCUT2D eigenvalue weighted by Gasteiger charge is -2.31. The molecule has 1 aliphatic rings. The van der Waals surface area contributed by atoms with Crippen LogP contribution in [0, 0.1) is 0 Å². The fraction of sp³-hybridized carbons (Fsp3) is 0.381. The molecule has 0 unspecified atom stereocenters. The third-order valence-corrected chi connectivity index (χ3v) is 5.03. The van der Waals surface area contributed by atoms with Crippen LogP contribution in [0.15, 0.2) is 60.7 Å². The van der Waals surface area contributed by atoms with Gasteiger partial charge in [0.05, 0.1) is 0 Å². The van der Waals surface area contributed by atoms with Gasteiger partial charge < -0.3 is 10.2 Å². The van der Waals surface area contributed by atoms with E-state index in [1.165, 1.54) is 43.2 Å². The van der Waals surface area contributed by atoms with Gasteiger partial charge >= 0.3 is 0 Å². The molecule has 0 aromatic heterocycles. The molecule has 0 spiro atoms. The van der Waals surface area contributed by atoms with Crippen LogP contribution in [0.2, 0.25) is 0 Å². The molecule has 1 N–H and O–H groups in total. The maximum Gasteiger partial charge on any atom is 0.169 e. The lowest BCUT2D eigenvalue weighted by Crippen LogP contribution is -2.44. The third-order valence-electron chi connectivity index (χ3n) is 4.65.